The lowest BCUT2D eigenvalue weighted by molar-refractivity contribution is -0.119. The molecule has 0 unspecified atom stereocenters. The second-order valence-corrected chi connectivity index (χ2v) is 7.20. The van der Waals surface area contributed by atoms with Gasteiger partial charge in [0.1, 0.15) is 5.00 Å². The van der Waals surface area contributed by atoms with Crippen LogP contribution in [0, 0.1) is 13.8 Å². The van der Waals surface area contributed by atoms with Crippen molar-refractivity contribution in [3.63, 3.8) is 0 Å². The Morgan fingerprint density at radius 2 is 1.89 bits per heavy atom. The molecule has 0 radical (unpaired) electrons. The fraction of sp³-hybridized carbons (Fsp3) is 0.278. The summed E-state index contributed by atoms with van der Waals surface area (Å²) in [6.07, 6.45) is 0. The van der Waals surface area contributed by atoms with Gasteiger partial charge >= 0.3 is 11.9 Å². The summed E-state index contributed by atoms with van der Waals surface area (Å²) in [5, 5.41) is 3.27. The van der Waals surface area contributed by atoms with Crippen LogP contribution in [0.1, 0.15) is 38.1 Å². The first-order valence-electron chi connectivity index (χ1n) is 8.03. The maximum Gasteiger partial charge on any atom is 0.341 e. The maximum atomic E-state index is 12.1. The second-order valence-electron chi connectivity index (χ2n) is 5.57. The van der Waals surface area contributed by atoms with Crippen LogP contribution in [0.25, 0.3) is 0 Å². The number of carbonyl (C=O) groups is 3. The first-order valence-corrected chi connectivity index (χ1v) is 9.23. The minimum Gasteiger partial charge on any atom is -0.462 e. The molecule has 0 atom stereocenters. The Kier molecular flexibility index (Phi) is 6.81. The SMILES string of the molecule is CCOC(=O)c1c(NC(=O)COC(=O)c2ccc(Cl)c(N)c2)sc(C)c1C. The zero-order chi connectivity index (χ0) is 20.1. The summed E-state index contributed by atoms with van der Waals surface area (Å²) in [7, 11) is 0. The molecular formula is C18H19ClN2O5S. The number of ether oxygens (including phenoxy) is 2. The van der Waals surface area contributed by atoms with E-state index in [9.17, 15) is 14.4 Å². The zero-order valence-corrected chi connectivity index (χ0v) is 16.6. The number of thiophene rings is 1. The molecule has 0 fully saturated rings. The van der Waals surface area contributed by atoms with Crippen molar-refractivity contribution >= 4 is 51.5 Å². The van der Waals surface area contributed by atoms with Crippen LogP contribution in [0.5, 0.6) is 0 Å². The van der Waals surface area contributed by atoms with E-state index in [4.69, 9.17) is 26.8 Å². The van der Waals surface area contributed by atoms with Gasteiger partial charge in [0, 0.05) is 4.88 Å². The Bertz CT molecular complexity index is 894. The molecule has 7 nitrogen and oxygen atoms in total. The van der Waals surface area contributed by atoms with Gasteiger partial charge in [-0.25, -0.2) is 9.59 Å². The van der Waals surface area contributed by atoms with Crippen LogP contribution in [0.15, 0.2) is 18.2 Å². The molecule has 0 aliphatic carbocycles. The largest absolute Gasteiger partial charge is 0.462 e. The van der Waals surface area contributed by atoms with Crippen LogP contribution < -0.4 is 11.1 Å². The lowest BCUT2D eigenvalue weighted by atomic mass is 10.1. The predicted octanol–water partition coefficient (Wildman–Crippen LogP) is 3.57. The molecule has 9 heteroatoms. The predicted molar refractivity (Wildman–Crippen MR) is 105 cm³/mol. The molecule has 27 heavy (non-hydrogen) atoms. The summed E-state index contributed by atoms with van der Waals surface area (Å²) in [4.78, 5) is 37.1. The molecule has 144 valence electrons. The summed E-state index contributed by atoms with van der Waals surface area (Å²) < 4.78 is 10.0. The maximum absolute atomic E-state index is 12.1. The smallest absolute Gasteiger partial charge is 0.341 e. The minimum atomic E-state index is -0.710. The highest BCUT2D eigenvalue weighted by molar-refractivity contribution is 7.16. The van der Waals surface area contributed by atoms with Crippen molar-refractivity contribution in [2.45, 2.75) is 20.8 Å². The number of benzene rings is 1. The molecule has 0 bridgehead atoms. The summed E-state index contributed by atoms with van der Waals surface area (Å²) in [5.41, 5.74) is 7.10. The Labute approximate surface area is 165 Å². The van der Waals surface area contributed by atoms with Gasteiger partial charge in [0.15, 0.2) is 6.61 Å². The molecule has 3 N–H and O–H groups in total. The summed E-state index contributed by atoms with van der Waals surface area (Å²) in [6, 6.07) is 4.29. The topological polar surface area (TPSA) is 108 Å². The van der Waals surface area contributed by atoms with E-state index in [1.54, 1.807) is 13.8 Å². The fourth-order valence-corrected chi connectivity index (χ4v) is 3.39. The van der Waals surface area contributed by atoms with Crippen LogP contribution in [-0.2, 0) is 14.3 Å². The number of halogens is 1. The molecule has 0 saturated carbocycles. The van der Waals surface area contributed by atoms with E-state index in [0.717, 1.165) is 10.4 Å². The Hall–Kier alpha value is -2.58. The highest BCUT2D eigenvalue weighted by Crippen LogP contribution is 2.33. The van der Waals surface area contributed by atoms with E-state index in [1.165, 1.54) is 29.5 Å². The lowest BCUT2D eigenvalue weighted by Crippen LogP contribution is -2.21. The number of amides is 1. The molecule has 1 aromatic carbocycles. The number of carbonyl (C=O) groups excluding carboxylic acids is 3. The highest BCUT2D eigenvalue weighted by Gasteiger charge is 2.22. The van der Waals surface area contributed by atoms with E-state index < -0.39 is 24.5 Å². The fourth-order valence-electron chi connectivity index (χ4n) is 2.21. The minimum absolute atomic E-state index is 0.180. The van der Waals surface area contributed by atoms with E-state index in [1.807, 2.05) is 6.92 Å². The molecule has 1 heterocycles. The van der Waals surface area contributed by atoms with Gasteiger partial charge in [-0.3, -0.25) is 4.79 Å². The van der Waals surface area contributed by atoms with Crippen LogP contribution in [0.4, 0.5) is 10.7 Å². The van der Waals surface area contributed by atoms with Crippen LogP contribution >= 0.6 is 22.9 Å². The van der Waals surface area contributed by atoms with Crippen LogP contribution in [0.2, 0.25) is 5.02 Å². The number of esters is 2. The van der Waals surface area contributed by atoms with Crippen LogP contribution in [-0.4, -0.2) is 31.1 Å². The molecular weight excluding hydrogens is 392 g/mol. The van der Waals surface area contributed by atoms with Crippen molar-refractivity contribution in [1.82, 2.24) is 0 Å². The summed E-state index contributed by atoms with van der Waals surface area (Å²) >= 11 is 7.06. The van der Waals surface area contributed by atoms with E-state index in [-0.39, 0.29) is 17.9 Å². The van der Waals surface area contributed by atoms with Crippen LogP contribution in [0.3, 0.4) is 0 Å². The van der Waals surface area contributed by atoms with Gasteiger partial charge in [0.2, 0.25) is 0 Å². The standard InChI is InChI=1S/C18H19ClN2O5S/c1-4-25-18(24)15-9(2)10(3)27-16(15)21-14(22)8-26-17(23)11-5-6-12(19)13(20)7-11/h5-7H,4,8,20H2,1-3H3,(H,21,22). The van der Waals surface area contributed by atoms with Gasteiger partial charge in [-0.15, -0.1) is 11.3 Å². The molecule has 0 spiro atoms. The van der Waals surface area contributed by atoms with Crippen molar-refractivity contribution < 1.29 is 23.9 Å². The van der Waals surface area contributed by atoms with Gasteiger partial charge in [-0.05, 0) is 44.5 Å². The van der Waals surface area contributed by atoms with Crippen molar-refractivity contribution in [2.24, 2.45) is 0 Å². The monoisotopic (exact) mass is 410 g/mol. The van der Waals surface area contributed by atoms with Crippen molar-refractivity contribution in [3.05, 3.63) is 44.8 Å². The normalized spacial score (nSPS) is 10.4. The Morgan fingerprint density at radius 1 is 1.19 bits per heavy atom. The third-order valence-electron chi connectivity index (χ3n) is 3.68. The number of anilines is 2. The number of nitrogen functional groups attached to an aromatic ring is 1. The number of hydrogen-bond donors (Lipinski definition) is 2. The summed E-state index contributed by atoms with van der Waals surface area (Å²) in [6.45, 7) is 5.03. The van der Waals surface area contributed by atoms with Crippen molar-refractivity contribution in [3.8, 4) is 0 Å². The molecule has 1 amide bonds. The van der Waals surface area contributed by atoms with Gasteiger partial charge in [0.25, 0.3) is 5.91 Å². The van der Waals surface area contributed by atoms with E-state index >= 15 is 0 Å². The third-order valence-corrected chi connectivity index (χ3v) is 5.15. The number of nitrogens with one attached hydrogen (secondary N) is 1. The van der Waals surface area contributed by atoms with Gasteiger partial charge in [-0.1, -0.05) is 11.6 Å². The molecule has 1 aromatic heterocycles. The number of rotatable bonds is 6. The van der Waals surface area contributed by atoms with Gasteiger partial charge in [0.05, 0.1) is 28.4 Å². The van der Waals surface area contributed by atoms with Crippen molar-refractivity contribution in [2.75, 3.05) is 24.3 Å². The molecule has 2 aromatic rings. The quantitative estimate of drug-likeness (QED) is 0.556. The Morgan fingerprint density at radius 3 is 2.52 bits per heavy atom. The first-order chi connectivity index (χ1) is 12.7. The molecule has 2 rings (SSSR count). The average Bonchev–Trinajstić information content (AvgIpc) is 2.89. The number of aryl methyl sites for hydroxylation is 1. The summed E-state index contributed by atoms with van der Waals surface area (Å²) in [5.74, 6) is -1.79. The van der Waals surface area contributed by atoms with Gasteiger partial charge < -0.3 is 20.5 Å². The molecule has 0 aliphatic heterocycles. The third kappa shape index (κ3) is 4.99. The van der Waals surface area contributed by atoms with Gasteiger partial charge in [-0.2, -0.15) is 0 Å². The first kappa shape index (κ1) is 20.7. The van der Waals surface area contributed by atoms with Crippen molar-refractivity contribution in [1.29, 1.82) is 0 Å². The Balaban J connectivity index is 2.03. The number of nitrogens with two attached hydrogens (primary N) is 1. The molecule has 0 aliphatic rings. The second kappa shape index (κ2) is 8.88. The average molecular weight is 411 g/mol. The molecule has 0 saturated heterocycles. The zero-order valence-electron chi connectivity index (χ0n) is 15.1. The van der Waals surface area contributed by atoms with E-state index in [2.05, 4.69) is 5.32 Å². The highest BCUT2D eigenvalue weighted by atomic mass is 35.5. The lowest BCUT2D eigenvalue weighted by Gasteiger charge is -2.08. The van der Waals surface area contributed by atoms with E-state index in [0.29, 0.717) is 15.6 Å². The number of hydrogen-bond acceptors (Lipinski definition) is 7.